The maximum atomic E-state index is 12.5. The molecule has 2 aromatic carbocycles. The Morgan fingerprint density at radius 1 is 1.09 bits per heavy atom. The fourth-order valence-corrected chi connectivity index (χ4v) is 2.54. The first-order chi connectivity index (χ1) is 10.5. The third kappa shape index (κ3) is 2.48. The molecule has 112 valence electrons. The van der Waals surface area contributed by atoms with Crippen LogP contribution in [0.25, 0.3) is 11.0 Å². The molecule has 0 saturated heterocycles. The molecule has 0 aliphatic rings. The summed E-state index contributed by atoms with van der Waals surface area (Å²) in [6.07, 6.45) is 0. The number of nitrogens with zero attached hydrogens (tertiary/aromatic N) is 2. The van der Waals surface area contributed by atoms with Gasteiger partial charge in [0.05, 0.1) is 17.6 Å². The summed E-state index contributed by atoms with van der Waals surface area (Å²) in [4.78, 5) is 16.8. The maximum absolute atomic E-state index is 12.5. The van der Waals surface area contributed by atoms with Gasteiger partial charge in [0.25, 0.3) is 0 Å². The zero-order valence-electron chi connectivity index (χ0n) is 13.1. The number of aryl methyl sites for hydroxylation is 3. The molecule has 0 saturated carbocycles. The van der Waals surface area contributed by atoms with Crippen LogP contribution in [0.1, 0.15) is 27.0 Å². The van der Waals surface area contributed by atoms with Crippen molar-refractivity contribution in [1.29, 1.82) is 0 Å². The van der Waals surface area contributed by atoms with Crippen LogP contribution in [0.3, 0.4) is 0 Å². The van der Waals surface area contributed by atoms with E-state index in [2.05, 4.69) is 4.98 Å². The van der Waals surface area contributed by atoms with Crippen molar-refractivity contribution in [3.05, 3.63) is 58.7 Å². The third-order valence-corrected chi connectivity index (χ3v) is 4.07. The van der Waals surface area contributed by atoms with Gasteiger partial charge in [-0.3, -0.25) is 4.79 Å². The molecule has 0 atom stereocenters. The van der Waals surface area contributed by atoms with E-state index in [0.29, 0.717) is 11.5 Å². The molecule has 0 fully saturated rings. The third-order valence-electron chi connectivity index (χ3n) is 4.07. The van der Waals surface area contributed by atoms with Gasteiger partial charge in [-0.15, -0.1) is 0 Å². The Morgan fingerprint density at radius 3 is 2.41 bits per heavy atom. The molecule has 0 bridgehead atoms. The Bertz CT molecular complexity index is 860. The lowest BCUT2D eigenvalue weighted by Gasteiger charge is -2.07. The predicted octanol–water partition coefficient (Wildman–Crippen LogP) is 3.43. The number of nitrogens with two attached hydrogens (primary N) is 1. The lowest BCUT2D eigenvalue weighted by molar-refractivity contribution is 0.0974. The average molecular weight is 293 g/mol. The smallest absolute Gasteiger partial charge is 0.201 e. The van der Waals surface area contributed by atoms with E-state index in [1.54, 1.807) is 4.57 Å². The minimum atomic E-state index is 0.0317. The molecule has 1 heterocycles. The molecule has 0 unspecified atom stereocenters. The van der Waals surface area contributed by atoms with Crippen molar-refractivity contribution in [3.63, 3.8) is 0 Å². The van der Waals surface area contributed by atoms with Crippen molar-refractivity contribution >= 4 is 22.8 Å². The van der Waals surface area contributed by atoms with Crippen LogP contribution in [0.4, 0.5) is 5.95 Å². The van der Waals surface area contributed by atoms with Crippen molar-refractivity contribution in [2.45, 2.75) is 27.3 Å². The lowest BCUT2D eigenvalue weighted by Crippen LogP contribution is -2.12. The van der Waals surface area contributed by atoms with Gasteiger partial charge in [-0.1, -0.05) is 29.8 Å². The van der Waals surface area contributed by atoms with Gasteiger partial charge in [-0.25, -0.2) is 4.98 Å². The highest BCUT2D eigenvalue weighted by atomic mass is 16.1. The van der Waals surface area contributed by atoms with Crippen LogP contribution in [-0.2, 0) is 6.54 Å². The number of aromatic nitrogens is 2. The van der Waals surface area contributed by atoms with Gasteiger partial charge < -0.3 is 10.3 Å². The second kappa shape index (κ2) is 5.30. The Labute approximate surface area is 129 Å². The van der Waals surface area contributed by atoms with E-state index in [-0.39, 0.29) is 12.3 Å². The monoisotopic (exact) mass is 293 g/mol. The van der Waals surface area contributed by atoms with Gasteiger partial charge in [0.2, 0.25) is 5.95 Å². The Morgan fingerprint density at radius 2 is 1.73 bits per heavy atom. The maximum Gasteiger partial charge on any atom is 0.201 e. The number of carbonyl (C=O) groups excluding carboxylic acids is 1. The van der Waals surface area contributed by atoms with Gasteiger partial charge in [-0.2, -0.15) is 0 Å². The van der Waals surface area contributed by atoms with E-state index < -0.39 is 0 Å². The number of fused-ring (bicyclic) bond motifs is 1. The van der Waals surface area contributed by atoms with Crippen molar-refractivity contribution < 1.29 is 4.79 Å². The molecule has 3 aromatic rings. The van der Waals surface area contributed by atoms with Crippen LogP contribution in [0.15, 0.2) is 36.4 Å². The minimum absolute atomic E-state index is 0.0317. The number of ketones is 1. The van der Waals surface area contributed by atoms with E-state index in [1.807, 2.05) is 57.2 Å². The van der Waals surface area contributed by atoms with Crippen LogP contribution in [0.2, 0.25) is 0 Å². The molecule has 3 rings (SSSR count). The zero-order chi connectivity index (χ0) is 15.9. The average Bonchev–Trinajstić information content (AvgIpc) is 2.76. The summed E-state index contributed by atoms with van der Waals surface area (Å²) in [6.45, 7) is 6.29. The second-order valence-corrected chi connectivity index (χ2v) is 5.77. The van der Waals surface area contributed by atoms with Crippen LogP contribution < -0.4 is 5.73 Å². The van der Waals surface area contributed by atoms with E-state index >= 15 is 0 Å². The van der Waals surface area contributed by atoms with Gasteiger partial charge in [0, 0.05) is 5.56 Å². The fraction of sp³-hybridized carbons (Fsp3) is 0.222. The van der Waals surface area contributed by atoms with Crippen LogP contribution in [0.5, 0.6) is 0 Å². The second-order valence-electron chi connectivity index (χ2n) is 5.77. The molecule has 4 nitrogen and oxygen atoms in total. The molecule has 22 heavy (non-hydrogen) atoms. The molecule has 0 aliphatic heterocycles. The quantitative estimate of drug-likeness (QED) is 0.753. The molecular formula is C18H19N3O. The first-order valence-corrected chi connectivity index (χ1v) is 7.28. The highest BCUT2D eigenvalue weighted by molar-refractivity contribution is 5.97. The number of hydrogen-bond donors (Lipinski definition) is 1. The first kappa shape index (κ1) is 14.3. The van der Waals surface area contributed by atoms with Gasteiger partial charge >= 0.3 is 0 Å². The van der Waals surface area contributed by atoms with E-state index in [0.717, 1.165) is 22.2 Å². The van der Waals surface area contributed by atoms with Crippen molar-refractivity contribution in [1.82, 2.24) is 9.55 Å². The van der Waals surface area contributed by atoms with Gasteiger partial charge in [0.15, 0.2) is 5.78 Å². The number of imidazole rings is 1. The highest BCUT2D eigenvalue weighted by Gasteiger charge is 2.14. The zero-order valence-corrected chi connectivity index (χ0v) is 13.1. The summed E-state index contributed by atoms with van der Waals surface area (Å²) >= 11 is 0. The number of rotatable bonds is 3. The highest BCUT2D eigenvalue weighted by Crippen LogP contribution is 2.22. The molecule has 0 spiro atoms. The van der Waals surface area contributed by atoms with Crippen LogP contribution >= 0.6 is 0 Å². The van der Waals surface area contributed by atoms with Crippen molar-refractivity contribution in [3.8, 4) is 0 Å². The summed E-state index contributed by atoms with van der Waals surface area (Å²) in [6, 6.07) is 11.6. The fourth-order valence-electron chi connectivity index (χ4n) is 2.54. The number of benzene rings is 2. The van der Waals surface area contributed by atoms with Crippen LogP contribution in [0, 0.1) is 20.8 Å². The summed E-state index contributed by atoms with van der Waals surface area (Å²) in [7, 11) is 0. The normalized spacial score (nSPS) is 11.0. The van der Waals surface area contributed by atoms with Crippen molar-refractivity contribution in [2.75, 3.05) is 5.73 Å². The number of anilines is 1. The molecule has 1 aromatic heterocycles. The molecule has 4 heteroatoms. The summed E-state index contributed by atoms with van der Waals surface area (Å²) in [5.74, 6) is 0.407. The number of carbonyl (C=O) groups is 1. The Hall–Kier alpha value is -2.62. The molecular weight excluding hydrogens is 274 g/mol. The van der Waals surface area contributed by atoms with E-state index in [9.17, 15) is 4.79 Å². The molecule has 0 radical (unpaired) electrons. The summed E-state index contributed by atoms with van der Waals surface area (Å²) < 4.78 is 1.78. The van der Waals surface area contributed by atoms with Gasteiger partial charge in [-0.05, 0) is 44.0 Å². The number of Topliss-reactive ketones (excluding diaryl/α,β-unsaturated/α-hetero) is 1. The SMILES string of the molecule is Cc1ccc(C(=O)Cn2c(N)nc3cc(C)c(C)cc32)cc1. The molecule has 2 N–H and O–H groups in total. The number of nitrogen functional groups attached to an aromatic ring is 1. The number of hydrogen-bond acceptors (Lipinski definition) is 3. The van der Waals surface area contributed by atoms with Crippen molar-refractivity contribution in [2.24, 2.45) is 0 Å². The minimum Gasteiger partial charge on any atom is -0.369 e. The molecule has 0 aliphatic carbocycles. The topological polar surface area (TPSA) is 60.9 Å². The lowest BCUT2D eigenvalue weighted by atomic mass is 10.1. The predicted molar refractivity (Wildman–Crippen MR) is 89.1 cm³/mol. The summed E-state index contributed by atoms with van der Waals surface area (Å²) in [5, 5.41) is 0. The first-order valence-electron chi connectivity index (χ1n) is 7.28. The Balaban J connectivity index is 2.00. The Kier molecular flexibility index (Phi) is 3.45. The van der Waals surface area contributed by atoms with E-state index in [1.165, 1.54) is 5.56 Å². The largest absolute Gasteiger partial charge is 0.369 e. The van der Waals surface area contributed by atoms with E-state index in [4.69, 9.17) is 5.73 Å². The van der Waals surface area contributed by atoms with Gasteiger partial charge in [0.1, 0.15) is 0 Å². The summed E-state index contributed by atoms with van der Waals surface area (Å²) in [5.41, 5.74) is 11.9. The van der Waals surface area contributed by atoms with Crippen LogP contribution in [-0.4, -0.2) is 15.3 Å². The standard InChI is InChI=1S/C18H19N3O/c1-11-4-6-14(7-5-11)17(22)10-21-16-9-13(3)12(2)8-15(16)20-18(21)19/h4-9H,10H2,1-3H3,(H2,19,20). The molecule has 0 amide bonds.